The predicted molar refractivity (Wildman–Crippen MR) is 226 cm³/mol. The highest BCUT2D eigenvalue weighted by Crippen LogP contribution is 2.48. The molecule has 0 aliphatic carbocycles. The van der Waals surface area contributed by atoms with Crippen LogP contribution in [0.2, 0.25) is 18.1 Å². The van der Waals surface area contributed by atoms with Gasteiger partial charge in [0.2, 0.25) is 7.37 Å². The van der Waals surface area contributed by atoms with Crippen molar-refractivity contribution in [3.63, 3.8) is 0 Å². The average molecular weight is 860 g/mol. The van der Waals surface area contributed by atoms with Crippen LogP contribution < -0.4 is 16.6 Å². The number of aromatic nitrogens is 6. The van der Waals surface area contributed by atoms with Gasteiger partial charge in [0.05, 0.1) is 57.3 Å². The molecular formula is C40H62N7O10PSi. The van der Waals surface area contributed by atoms with Crippen LogP contribution in [0.5, 0.6) is 0 Å². The van der Waals surface area contributed by atoms with Crippen LogP contribution in [0.3, 0.4) is 0 Å². The summed E-state index contributed by atoms with van der Waals surface area (Å²) >= 11 is 0. The first kappa shape index (κ1) is 46.6. The number of rotatable bonds is 22. The van der Waals surface area contributed by atoms with E-state index in [0.29, 0.717) is 29.8 Å². The number of hydrogen-bond donors (Lipinski definition) is 1. The van der Waals surface area contributed by atoms with E-state index in [4.69, 9.17) is 32.6 Å². The van der Waals surface area contributed by atoms with Gasteiger partial charge in [0, 0.05) is 38.6 Å². The first-order valence-corrected chi connectivity index (χ1v) is 25.2. The summed E-state index contributed by atoms with van der Waals surface area (Å²) in [6.45, 7) is 17.3. The van der Waals surface area contributed by atoms with Gasteiger partial charge in [-0.2, -0.15) is 0 Å². The SMILES string of the molecule is CCOP(C)(=O)C[C@H](OCCn1cnc2c(CNC)ncnc21)[C@H]1O[C@@H](n2cc(C)c(=O)n(COCc3ccccc3)c2=O)[C@H](OCCOC)[C@@H]1O[Si](C)(C)C(C)(C)C. The zero-order chi connectivity index (χ0) is 43.0. The molecule has 17 nitrogen and oxygen atoms in total. The van der Waals surface area contributed by atoms with Crippen molar-refractivity contribution in [3.8, 4) is 0 Å². The smallest absolute Gasteiger partial charge is 0.335 e. The molecule has 59 heavy (non-hydrogen) atoms. The lowest BCUT2D eigenvalue weighted by Crippen LogP contribution is -2.53. The number of methoxy groups -OCH3 is 1. The molecule has 1 aromatic carbocycles. The molecule has 0 spiro atoms. The monoisotopic (exact) mass is 859 g/mol. The molecule has 1 aliphatic rings. The molecule has 3 aromatic heterocycles. The summed E-state index contributed by atoms with van der Waals surface area (Å²) in [5.41, 5.74) is 2.17. The quantitative estimate of drug-likeness (QED) is 0.0653. The van der Waals surface area contributed by atoms with Crippen molar-refractivity contribution in [3.05, 3.63) is 86.8 Å². The Bertz CT molecular complexity index is 2140. The van der Waals surface area contributed by atoms with Gasteiger partial charge in [0.25, 0.3) is 5.56 Å². The molecule has 0 radical (unpaired) electrons. The maximum atomic E-state index is 14.4. The molecule has 0 amide bonds. The van der Waals surface area contributed by atoms with E-state index in [0.717, 1.165) is 15.8 Å². The van der Waals surface area contributed by atoms with Gasteiger partial charge in [-0.15, -0.1) is 0 Å². The highest BCUT2D eigenvalue weighted by Gasteiger charge is 2.55. The Balaban J connectivity index is 1.56. The molecular weight excluding hydrogens is 798 g/mol. The Morgan fingerprint density at radius 1 is 1.05 bits per heavy atom. The van der Waals surface area contributed by atoms with E-state index in [1.807, 2.05) is 41.9 Å². The zero-order valence-electron chi connectivity index (χ0n) is 36.1. The largest absolute Gasteiger partial charge is 0.408 e. The first-order chi connectivity index (χ1) is 28.0. The van der Waals surface area contributed by atoms with Gasteiger partial charge in [0.15, 0.2) is 20.2 Å². The molecule has 6 atom stereocenters. The minimum absolute atomic E-state index is 0.0136. The molecule has 0 bridgehead atoms. The normalized spacial score (nSPS) is 20.3. The summed E-state index contributed by atoms with van der Waals surface area (Å²) in [4.78, 5) is 41.3. The predicted octanol–water partition coefficient (Wildman–Crippen LogP) is 4.70. The lowest BCUT2D eigenvalue weighted by molar-refractivity contribution is -0.105. The highest BCUT2D eigenvalue weighted by atomic mass is 31.2. The molecule has 326 valence electrons. The van der Waals surface area contributed by atoms with Crippen LogP contribution in [0.25, 0.3) is 11.2 Å². The van der Waals surface area contributed by atoms with Crippen molar-refractivity contribution < 1.29 is 37.2 Å². The fourth-order valence-corrected chi connectivity index (χ4v) is 9.68. The van der Waals surface area contributed by atoms with Gasteiger partial charge < -0.3 is 42.5 Å². The van der Waals surface area contributed by atoms with Gasteiger partial charge >= 0.3 is 5.69 Å². The molecule has 4 aromatic rings. The van der Waals surface area contributed by atoms with E-state index >= 15 is 0 Å². The van der Waals surface area contributed by atoms with Crippen molar-refractivity contribution in [2.24, 2.45) is 0 Å². The number of benzene rings is 1. The van der Waals surface area contributed by atoms with Gasteiger partial charge in [0.1, 0.15) is 36.9 Å². The minimum Gasteiger partial charge on any atom is -0.408 e. The fourth-order valence-electron chi connectivity index (χ4n) is 6.76. The van der Waals surface area contributed by atoms with Crippen LogP contribution in [0.1, 0.15) is 50.7 Å². The number of fused-ring (bicyclic) bond motifs is 1. The average Bonchev–Trinajstić information content (AvgIpc) is 3.75. The number of hydrogen-bond acceptors (Lipinski definition) is 14. The van der Waals surface area contributed by atoms with E-state index in [1.54, 1.807) is 33.9 Å². The first-order valence-electron chi connectivity index (χ1n) is 20.0. The molecule has 1 N–H and O–H groups in total. The van der Waals surface area contributed by atoms with Crippen molar-refractivity contribution in [2.45, 2.75) is 110 Å². The van der Waals surface area contributed by atoms with Gasteiger partial charge in [-0.05, 0) is 44.6 Å². The van der Waals surface area contributed by atoms with Gasteiger partial charge in [-0.1, -0.05) is 51.1 Å². The Labute approximate surface area is 347 Å². The van der Waals surface area contributed by atoms with E-state index in [-0.39, 0.29) is 51.0 Å². The molecule has 1 aliphatic heterocycles. The standard InChI is InChI=1S/C40H62N7O10PSi/c1-11-55-58(8,50)24-31(53-18-17-45-26-44-32-30(21-41-6)42-25-43-36(32)45)33-34(57-59(9,10)40(3,4)5)35(54-20-19-51-7)38(56-33)46-22-28(2)37(48)47(39(46)49)27-52-23-29-15-13-12-14-16-29/h12-16,22,25-26,31,33-35,38,41H,11,17-21,23-24,27H2,1-10H3/t31-,33+,34+,35+,38+,58?/m0/s1. The molecule has 1 saturated heterocycles. The second-order valence-corrected chi connectivity index (χ2v) is 23.8. The van der Waals surface area contributed by atoms with E-state index in [1.165, 1.54) is 17.1 Å². The number of nitrogens with one attached hydrogen (secondary N) is 1. The summed E-state index contributed by atoms with van der Waals surface area (Å²) < 4.78 is 62.8. The third-order valence-electron chi connectivity index (χ3n) is 10.8. The van der Waals surface area contributed by atoms with Crippen LogP contribution in [-0.2, 0) is 63.6 Å². The van der Waals surface area contributed by atoms with Gasteiger partial charge in [-0.3, -0.25) is 13.9 Å². The Morgan fingerprint density at radius 3 is 2.47 bits per heavy atom. The number of aryl methyl sites for hydroxylation is 1. The lowest BCUT2D eigenvalue weighted by atomic mass is 10.1. The van der Waals surface area contributed by atoms with Crippen molar-refractivity contribution in [1.29, 1.82) is 0 Å². The van der Waals surface area contributed by atoms with E-state index in [2.05, 4.69) is 54.1 Å². The lowest BCUT2D eigenvalue weighted by Gasteiger charge is -2.41. The second kappa shape index (κ2) is 20.4. The molecule has 1 unspecified atom stereocenters. The highest BCUT2D eigenvalue weighted by molar-refractivity contribution is 7.58. The zero-order valence-corrected chi connectivity index (χ0v) is 38.0. The molecule has 4 heterocycles. The van der Waals surface area contributed by atoms with Crippen molar-refractivity contribution in [1.82, 2.24) is 34.0 Å². The number of nitrogens with zero attached hydrogens (tertiary/aromatic N) is 6. The van der Waals surface area contributed by atoms with Crippen LogP contribution in [-0.4, -0.2) is 115 Å². The molecule has 0 saturated carbocycles. The summed E-state index contributed by atoms with van der Waals surface area (Å²) in [5.74, 6) is 0. The number of imidazole rings is 1. The summed E-state index contributed by atoms with van der Waals surface area (Å²) in [6.07, 6.45) is 0.135. The maximum Gasteiger partial charge on any atom is 0.335 e. The van der Waals surface area contributed by atoms with Crippen molar-refractivity contribution in [2.75, 3.05) is 53.4 Å². The van der Waals surface area contributed by atoms with Crippen LogP contribution in [0.15, 0.2) is 58.8 Å². The molecule has 5 rings (SSSR count). The van der Waals surface area contributed by atoms with E-state index in [9.17, 15) is 14.2 Å². The summed E-state index contributed by atoms with van der Waals surface area (Å²) in [5, 5.41) is 2.88. The molecule has 1 fully saturated rings. The molecule has 19 heteroatoms. The Morgan fingerprint density at radius 2 is 1.80 bits per heavy atom. The fraction of sp³-hybridized carbons (Fsp3) is 0.625. The van der Waals surface area contributed by atoms with Crippen LogP contribution in [0.4, 0.5) is 0 Å². The van der Waals surface area contributed by atoms with Crippen molar-refractivity contribution >= 4 is 26.9 Å². The Hall–Kier alpha value is -3.42. The van der Waals surface area contributed by atoms with Gasteiger partial charge in [-0.25, -0.2) is 24.3 Å². The van der Waals surface area contributed by atoms with Crippen LogP contribution in [0, 0.1) is 6.92 Å². The third kappa shape index (κ3) is 11.5. The summed E-state index contributed by atoms with van der Waals surface area (Å²) in [6, 6.07) is 9.49. The second-order valence-electron chi connectivity index (χ2n) is 16.3. The maximum absolute atomic E-state index is 14.4. The van der Waals surface area contributed by atoms with E-state index < -0.39 is 57.6 Å². The van der Waals surface area contributed by atoms with Crippen LogP contribution >= 0.6 is 7.37 Å². The summed E-state index contributed by atoms with van der Waals surface area (Å²) in [7, 11) is -2.45. The Kier molecular flexibility index (Phi) is 16.1. The third-order valence-corrected chi connectivity index (χ3v) is 17.1. The topological polar surface area (TPSA) is 181 Å². The minimum atomic E-state index is -3.26. The number of ether oxygens (including phenoxy) is 5.